The van der Waals surface area contributed by atoms with Crippen molar-refractivity contribution in [1.29, 1.82) is 0 Å². The molecule has 2 heterocycles. The molecule has 38 heavy (non-hydrogen) atoms. The third-order valence-corrected chi connectivity index (χ3v) is 9.02. The zero-order chi connectivity index (χ0) is 26.6. The van der Waals surface area contributed by atoms with Crippen LogP contribution in [-0.2, 0) is 21.5 Å². The highest BCUT2D eigenvalue weighted by atomic mass is 16.6. The highest BCUT2D eigenvalue weighted by Crippen LogP contribution is 2.49. The lowest BCUT2D eigenvalue weighted by Crippen LogP contribution is -2.46. The van der Waals surface area contributed by atoms with Gasteiger partial charge in [-0.25, -0.2) is 4.79 Å². The summed E-state index contributed by atoms with van der Waals surface area (Å²) in [6.07, 6.45) is 7.96. The Bertz CT molecular complexity index is 1050. The summed E-state index contributed by atoms with van der Waals surface area (Å²) in [7, 11) is 0. The summed E-state index contributed by atoms with van der Waals surface area (Å²) in [6, 6.07) is 18.9. The maximum atomic E-state index is 12.6. The molecule has 2 saturated heterocycles. The van der Waals surface area contributed by atoms with Crippen molar-refractivity contribution < 1.29 is 14.3 Å². The first-order chi connectivity index (χ1) is 18.3. The topological polar surface area (TPSA) is 42.0 Å². The van der Waals surface area contributed by atoms with Gasteiger partial charge in [0.2, 0.25) is 0 Å². The van der Waals surface area contributed by atoms with E-state index < -0.39 is 0 Å². The van der Waals surface area contributed by atoms with Crippen LogP contribution in [0.1, 0.15) is 88.5 Å². The summed E-state index contributed by atoms with van der Waals surface area (Å²) < 4.78 is 12.3. The molecule has 2 aromatic rings. The van der Waals surface area contributed by atoms with E-state index in [0.717, 1.165) is 24.8 Å². The molecule has 5 heteroatoms. The van der Waals surface area contributed by atoms with Gasteiger partial charge in [-0.15, -0.1) is 0 Å². The maximum absolute atomic E-state index is 12.6. The summed E-state index contributed by atoms with van der Waals surface area (Å²) in [4.78, 5) is 17.1. The van der Waals surface area contributed by atoms with E-state index in [1.165, 1.54) is 56.4 Å². The van der Waals surface area contributed by atoms with Gasteiger partial charge in [0.15, 0.2) is 0 Å². The molecule has 0 N–H and O–H groups in total. The Kier molecular flexibility index (Phi) is 8.44. The Balaban J connectivity index is 1.13. The number of ether oxygens (including phenoxy) is 2. The Labute approximate surface area is 229 Å². The van der Waals surface area contributed by atoms with Crippen molar-refractivity contribution in [3.63, 3.8) is 0 Å². The van der Waals surface area contributed by atoms with Gasteiger partial charge in [-0.3, -0.25) is 0 Å². The smallest absolute Gasteiger partial charge is 0.410 e. The number of likely N-dealkylation sites (tertiary alicyclic amines) is 2. The summed E-state index contributed by atoms with van der Waals surface area (Å²) >= 11 is 0. The predicted octanol–water partition coefficient (Wildman–Crippen LogP) is 7.11. The molecule has 2 aromatic carbocycles. The summed E-state index contributed by atoms with van der Waals surface area (Å²) in [5.74, 6) is 0. The summed E-state index contributed by atoms with van der Waals surface area (Å²) in [5.41, 5.74) is 4.67. The molecule has 2 fully saturated rings. The Hall–Kier alpha value is -2.37. The monoisotopic (exact) mass is 518 g/mol. The van der Waals surface area contributed by atoms with Crippen LogP contribution in [0.2, 0.25) is 0 Å². The van der Waals surface area contributed by atoms with Gasteiger partial charge >= 0.3 is 6.09 Å². The Morgan fingerprint density at radius 3 is 2.29 bits per heavy atom. The van der Waals surface area contributed by atoms with Crippen molar-refractivity contribution in [1.82, 2.24) is 9.80 Å². The van der Waals surface area contributed by atoms with Gasteiger partial charge in [0.1, 0.15) is 6.61 Å². The second-order valence-corrected chi connectivity index (χ2v) is 12.9. The van der Waals surface area contributed by atoms with E-state index in [1.54, 1.807) is 0 Å². The number of hydrogen-bond acceptors (Lipinski definition) is 4. The fourth-order valence-electron chi connectivity index (χ4n) is 6.53. The lowest BCUT2D eigenvalue weighted by atomic mass is 9.64. The number of fused-ring (bicyclic) bond motifs is 2. The van der Waals surface area contributed by atoms with Crippen molar-refractivity contribution in [3.05, 3.63) is 71.3 Å². The van der Waals surface area contributed by atoms with Crippen LogP contribution in [-0.4, -0.2) is 54.7 Å². The predicted molar refractivity (Wildman–Crippen MR) is 152 cm³/mol. The number of carbonyl (C=O) groups is 1. The van der Waals surface area contributed by atoms with Crippen molar-refractivity contribution in [2.45, 2.75) is 89.9 Å². The van der Waals surface area contributed by atoms with Crippen LogP contribution in [0.15, 0.2) is 54.6 Å². The normalized spacial score (nSPS) is 22.3. The molecule has 1 amide bonds. The zero-order valence-corrected chi connectivity index (χ0v) is 23.7. The minimum absolute atomic E-state index is 0.164. The average Bonchev–Trinajstić information content (AvgIpc) is 2.94. The van der Waals surface area contributed by atoms with E-state index in [1.807, 2.05) is 35.2 Å². The molecule has 1 unspecified atom stereocenters. The third-order valence-electron chi connectivity index (χ3n) is 9.02. The fraction of sp³-hybridized carbons (Fsp3) is 0.606. The standard InChI is InChI=1S/C33H46N2O3/c1-32(2,3)17-22-34-23-18-33(19-24-34)16-13-30(28-11-7-8-12-29(28)33)38-27-14-20-35(21-15-27)31(36)37-25-26-9-5-4-6-10-26/h4-12,27,30H,13-25H2,1-3H3. The van der Waals surface area contributed by atoms with Crippen molar-refractivity contribution >= 4 is 6.09 Å². The molecule has 206 valence electrons. The van der Waals surface area contributed by atoms with E-state index in [9.17, 15) is 4.79 Å². The molecule has 0 bridgehead atoms. The highest BCUT2D eigenvalue weighted by molar-refractivity contribution is 5.67. The number of benzene rings is 2. The van der Waals surface area contributed by atoms with Gasteiger partial charge in [-0.1, -0.05) is 75.4 Å². The lowest BCUT2D eigenvalue weighted by molar-refractivity contribution is -0.0561. The van der Waals surface area contributed by atoms with E-state index in [-0.39, 0.29) is 18.3 Å². The number of rotatable bonds is 6. The van der Waals surface area contributed by atoms with E-state index >= 15 is 0 Å². The van der Waals surface area contributed by atoms with E-state index in [0.29, 0.717) is 30.5 Å². The molecule has 0 radical (unpaired) electrons. The maximum Gasteiger partial charge on any atom is 0.410 e. The SMILES string of the molecule is CC(C)(C)CCN1CCC2(CCC(OC3CCN(C(=O)OCc4ccccc4)CC3)c3ccccc32)CC1. The minimum Gasteiger partial charge on any atom is -0.445 e. The Morgan fingerprint density at radius 1 is 0.895 bits per heavy atom. The van der Waals surface area contributed by atoms with Crippen LogP contribution < -0.4 is 0 Å². The molecule has 1 atom stereocenters. The molecule has 1 aliphatic carbocycles. The highest BCUT2D eigenvalue weighted by Gasteiger charge is 2.42. The molecule has 1 spiro atoms. The van der Waals surface area contributed by atoms with Gasteiger partial charge in [0.25, 0.3) is 0 Å². The molecule has 5 rings (SSSR count). The Morgan fingerprint density at radius 2 is 1.58 bits per heavy atom. The summed E-state index contributed by atoms with van der Waals surface area (Å²) in [5, 5.41) is 0. The van der Waals surface area contributed by atoms with Crippen molar-refractivity contribution in [2.75, 3.05) is 32.7 Å². The second-order valence-electron chi connectivity index (χ2n) is 12.9. The number of hydrogen-bond donors (Lipinski definition) is 0. The van der Waals surface area contributed by atoms with E-state index in [4.69, 9.17) is 9.47 Å². The second kappa shape index (κ2) is 11.8. The van der Waals surface area contributed by atoms with Gasteiger partial charge < -0.3 is 19.3 Å². The van der Waals surface area contributed by atoms with E-state index in [2.05, 4.69) is 49.9 Å². The molecule has 3 aliphatic rings. The fourth-order valence-corrected chi connectivity index (χ4v) is 6.53. The molecule has 2 aliphatic heterocycles. The van der Waals surface area contributed by atoms with Crippen LogP contribution in [0.25, 0.3) is 0 Å². The first-order valence-electron chi connectivity index (χ1n) is 14.7. The first kappa shape index (κ1) is 27.2. The average molecular weight is 519 g/mol. The number of amides is 1. The van der Waals surface area contributed by atoms with Gasteiger partial charge in [-0.2, -0.15) is 0 Å². The number of carbonyl (C=O) groups excluding carboxylic acids is 1. The quantitative estimate of drug-likeness (QED) is 0.409. The van der Waals surface area contributed by atoms with Crippen molar-refractivity contribution in [3.8, 4) is 0 Å². The largest absolute Gasteiger partial charge is 0.445 e. The molecular formula is C33H46N2O3. The lowest BCUT2D eigenvalue weighted by Gasteiger charge is -2.48. The van der Waals surface area contributed by atoms with Gasteiger partial charge in [0.05, 0.1) is 12.2 Å². The first-order valence-corrected chi connectivity index (χ1v) is 14.7. The van der Waals surface area contributed by atoms with Crippen molar-refractivity contribution in [2.24, 2.45) is 5.41 Å². The molecule has 5 nitrogen and oxygen atoms in total. The third kappa shape index (κ3) is 6.60. The van der Waals surface area contributed by atoms with Crippen LogP contribution in [0, 0.1) is 5.41 Å². The van der Waals surface area contributed by atoms with Crippen LogP contribution in [0.4, 0.5) is 4.79 Å². The number of nitrogens with zero attached hydrogens (tertiary/aromatic N) is 2. The molecule has 0 saturated carbocycles. The van der Waals surface area contributed by atoms with Gasteiger partial charge in [-0.05, 0) is 92.1 Å². The minimum atomic E-state index is -0.217. The van der Waals surface area contributed by atoms with Gasteiger partial charge in [0, 0.05) is 13.1 Å². The zero-order valence-electron chi connectivity index (χ0n) is 23.7. The summed E-state index contributed by atoms with van der Waals surface area (Å²) in [6.45, 7) is 12.4. The van der Waals surface area contributed by atoms with Crippen LogP contribution in [0.5, 0.6) is 0 Å². The number of piperidine rings is 2. The molecular weight excluding hydrogens is 472 g/mol. The van der Waals surface area contributed by atoms with Crippen LogP contribution in [0.3, 0.4) is 0 Å². The molecule has 0 aromatic heterocycles. The van der Waals surface area contributed by atoms with Crippen LogP contribution >= 0.6 is 0 Å².